The molecule has 12 amide bonds. The molecule has 0 saturated carbocycles. The molecule has 3 unspecified atom stereocenters. The fourth-order valence-corrected chi connectivity index (χ4v) is 12.7. The average Bonchev–Trinajstić information content (AvgIpc) is 1.70. The van der Waals surface area contributed by atoms with Crippen molar-refractivity contribution in [2.24, 2.45) is 17.2 Å². The summed E-state index contributed by atoms with van der Waals surface area (Å²) in [6.45, 7) is -2.48. The lowest BCUT2D eigenvalue weighted by Crippen LogP contribution is -2.54. The highest BCUT2D eigenvalue weighted by molar-refractivity contribution is 8.00. The monoisotopic (exact) mass is 1520 g/mol. The van der Waals surface area contributed by atoms with E-state index in [2.05, 4.69) is 78.8 Å². The first-order chi connectivity index (χ1) is 50.7. The number of likely N-dealkylation sites (N-methyl/N-ethyl adjacent to an activating group) is 1. The highest BCUT2D eigenvalue weighted by Crippen LogP contribution is 2.33. The Kier molecular flexibility index (Phi) is 34.3. The molecule has 5 heterocycles. The maximum Gasteiger partial charge on any atom is 0.328 e. The van der Waals surface area contributed by atoms with Crippen molar-refractivity contribution in [3.05, 3.63) is 97.8 Å². The van der Waals surface area contributed by atoms with Gasteiger partial charge in [0.2, 0.25) is 59.1 Å². The molecule has 45 heteroatoms. The third-order valence-electron chi connectivity index (χ3n) is 16.8. The minimum atomic E-state index is -1.46. The van der Waals surface area contributed by atoms with Crippen LogP contribution in [0, 0.1) is 37.0 Å². The van der Waals surface area contributed by atoms with E-state index < -0.39 is 182 Å². The number of nitrogens with two attached hydrogens (primary N) is 3. The van der Waals surface area contributed by atoms with Crippen LogP contribution in [0.1, 0.15) is 80.9 Å². The molecular formula is C62H97N27O17S. The number of unbranched alkanes of at least 4 members (excludes halogenated alkanes) is 1. The maximum atomic E-state index is 14.3. The van der Waals surface area contributed by atoms with Gasteiger partial charge in [-0.15, -0.1) is 0 Å². The number of amides is 12. The van der Waals surface area contributed by atoms with Crippen molar-refractivity contribution in [2.75, 3.05) is 91.3 Å². The van der Waals surface area contributed by atoms with Crippen molar-refractivity contribution in [3.8, 4) is 0 Å². The SMILES string of the molecule is CNC(=O)C(CCCNC(=N)N)NC(=O)CN(CCNC(=O)C(CCCNC(=N)N)NC(=O)CN(CCNC(=O)C(CCCNC(=N)N)NC(=O)CN(CCNC(=O)CCCC[C@@H]1SC[C@@H]2NC(=O)N[C@@H]21)C(=O)Cn1cc(C)c(=O)[nH]c1=O)C(=O)Cn1cc(C)c(=O)[nH]c1=O)C(=O)Cn1cc(C)c(=O)[nH]c1=O. The smallest absolute Gasteiger partial charge is 0.328 e. The molecule has 0 bridgehead atoms. The van der Waals surface area contributed by atoms with E-state index >= 15 is 0 Å². The molecule has 107 heavy (non-hydrogen) atoms. The van der Waals surface area contributed by atoms with Crippen LogP contribution in [0.2, 0.25) is 0 Å². The second kappa shape index (κ2) is 42.8. The van der Waals surface area contributed by atoms with Gasteiger partial charge >= 0.3 is 23.1 Å². The molecule has 5 rings (SSSR count). The summed E-state index contributed by atoms with van der Waals surface area (Å²) in [6.07, 6.45) is 5.57. The Labute approximate surface area is 615 Å². The zero-order valence-electron chi connectivity index (χ0n) is 59.8. The Bertz CT molecular complexity index is 4110. The molecule has 24 N–H and O–H groups in total. The number of hydrogen-bond donors (Lipinski definition) is 21. The number of carbonyl (C=O) groups is 11. The van der Waals surface area contributed by atoms with Crippen LogP contribution in [-0.2, 0) is 67.6 Å². The van der Waals surface area contributed by atoms with Crippen LogP contribution >= 0.6 is 11.8 Å². The second-order valence-corrected chi connectivity index (χ2v) is 26.5. The van der Waals surface area contributed by atoms with E-state index in [1.807, 2.05) is 0 Å². The molecule has 44 nitrogen and oxygen atoms in total. The molecule has 0 spiro atoms. The average molecular weight is 1520 g/mol. The maximum absolute atomic E-state index is 14.3. The van der Waals surface area contributed by atoms with Gasteiger partial charge in [-0.25, -0.2) is 19.2 Å². The number of fused-ring (bicyclic) bond motifs is 1. The molecular weight excluding hydrogens is 1430 g/mol. The number of hydrogen-bond acceptors (Lipinski definition) is 21. The van der Waals surface area contributed by atoms with Crippen molar-refractivity contribution in [1.29, 1.82) is 16.2 Å². The van der Waals surface area contributed by atoms with Crippen LogP contribution in [-0.4, -0.2) is 253 Å². The van der Waals surface area contributed by atoms with E-state index in [1.165, 1.54) is 27.8 Å². The highest BCUT2D eigenvalue weighted by atomic mass is 32.2. The predicted molar refractivity (Wildman–Crippen MR) is 388 cm³/mol. The molecule has 3 aromatic heterocycles. The number of thioether (sulfide) groups is 1. The van der Waals surface area contributed by atoms with Crippen LogP contribution < -0.4 is 115 Å². The Balaban J connectivity index is 1.33. The van der Waals surface area contributed by atoms with E-state index in [-0.39, 0.29) is 130 Å². The number of nitrogens with zero attached hydrogens (tertiary/aromatic N) is 6. The number of rotatable bonds is 44. The van der Waals surface area contributed by atoms with Gasteiger partial charge in [-0.1, -0.05) is 6.42 Å². The van der Waals surface area contributed by atoms with E-state index in [1.54, 1.807) is 11.8 Å². The molecule has 0 aliphatic carbocycles. The summed E-state index contributed by atoms with van der Waals surface area (Å²) in [4.78, 5) is 235. The number of H-pyrrole nitrogens is 3. The lowest BCUT2D eigenvalue weighted by atomic mass is 10.0. The summed E-state index contributed by atoms with van der Waals surface area (Å²) < 4.78 is 2.65. The molecule has 588 valence electrons. The van der Waals surface area contributed by atoms with Gasteiger partial charge in [0.05, 0.1) is 31.7 Å². The standard InChI is InChI=1S/C62H97N27O17S/c1-34-24-87(60(104)81-50(34)97)30-46(94)84(21-18-70-42(90)14-6-5-13-41-49-40(33-107-41)79-59(103)80-49)28-44(92)77-38(11-8-16-74-57(65)66)54(101)72-20-23-86(48(96)32-89-26-36(3)52(99)83-62(89)106)29-45(93)78-39(12-9-17-75-58(67)68)55(102)71-19-22-85(47(95)31-88-25-35(2)51(98)82-61(88)105)27-43(91)76-37(53(100)69-4)10-7-15-73-56(63)64/h24-26,37-41,49H,5-23,27-33H2,1-4H3,(H,69,100)(H,70,90)(H,71,102)(H,72,101)(H,76,91)(H,77,92)(H,78,93)(H4,63,64,73)(H4,65,66,74)(H4,67,68,75)(H2,79,80,103)(H,81,97,104)(H,82,98,105)(H,83,99,106)/t37?,38?,39?,40-,41-,49-/m0/s1. The molecule has 3 aromatic rings. The van der Waals surface area contributed by atoms with Crippen LogP contribution in [0.25, 0.3) is 0 Å². The van der Waals surface area contributed by atoms with Crippen molar-refractivity contribution >= 4 is 94.7 Å². The van der Waals surface area contributed by atoms with E-state index in [4.69, 9.17) is 33.4 Å². The minimum absolute atomic E-state index is 0.00634. The fourth-order valence-electron chi connectivity index (χ4n) is 11.2. The van der Waals surface area contributed by atoms with Gasteiger partial charge in [0.1, 0.15) is 37.8 Å². The Morgan fingerprint density at radius 2 is 0.841 bits per heavy atom. The first-order valence-corrected chi connectivity index (χ1v) is 35.4. The summed E-state index contributed by atoms with van der Waals surface area (Å²) in [5, 5.41) is 54.4. The number of urea groups is 1. The minimum Gasteiger partial charge on any atom is -0.370 e. The molecule has 2 aliphatic heterocycles. The van der Waals surface area contributed by atoms with Gasteiger partial charge in [0, 0.05) is 119 Å². The number of guanidine groups is 3. The number of carbonyl (C=O) groups excluding carboxylic acids is 11. The summed E-state index contributed by atoms with van der Waals surface area (Å²) in [5.74, 6) is -8.49. The molecule has 6 atom stereocenters. The zero-order valence-corrected chi connectivity index (χ0v) is 60.7. The number of aromatic amines is 3. The predicted octanol–water partition coefficient (Wildman–Crippen LogP) is -9.89. The normalized spacial score (nSPS) is 14.9. The van der Waals surface area contributed by atoms with Gasteiger partial charge in [-0.3, -0.25) is 107 Å². The highest BCUT2D eigenvalue weighted by Gasteiger charge is 2.42. The first kappa shape index (κ1) is 85.8. The first-order valence-electron chi connectivity index (χ1n) is 34.3. The summed E-state index contributed by atoms with van der Waals surface area (Å²) >= 11 is 1.74. The Morgan fingerprint density at radius 3 is 1.20 bits per heavy atom. The Hall–Kier alpha value is -11.8. The third-order valence-corrected chi connectivity index (χ3v) is 18.4. The zero-order chi connectivity index (χ0) is 79.0. The lowest BCUT2D eigenvalue weighted by molar-refractivity contribution is -0.138. The number of nitrogens with one attached hydrogen (secondary N) is 18. The Morgan fingerprint density at radius 1 is 0.486 bits per heavy atom. The summed E-state index contributed by atoms with van der Waals surface area (Å²) in [6, 6.07) is -4.20. The van der Waals surface area contributed by atoms with Crippen LogP contribution in [0.5, 0.6) is 0 Å². The molecule has 2 fully saturated rings. The largest absolute Gasteiger partial charge is 0.370 e. The summed E-state index contributed by atoms with van der Waals surface area (Å²) in [5.41, 5.74) is 11.5. The van der Waals surface area contributed by atoms with E-state index in [0.717, 1.165) is 59.2 Å². The van der Waals surface area contributed by atoms with Gasteiger partial charge in [-0.2, -0.15) is 11.8 Å². The fraction of sp³-hybridized carbons (Fsp3) is 0.581. The topological polar surface area (TPSA) is 656 Å². The van der Waals surface area contributed by atoms with Crippen LogP contribution in [0.3, 0.4) is 0 Å². The van der Waals surface area contributed by atoms with E-state index in [0.29, 0.717) is 12.8 Å². The number of aryl methyl sites for hydroxylation is 3. The van der Waals surface area contributed by atoms with E-state index in [9.17, 15) is 81.5 Å². The van der Waals surface area contributed by atoms with Crippen molar-refractivity contribution in [1.82, 2.24) is 107 Å². The van der Waals surface area contributed by atoms with Crippen molar-refractivity contribution in [3.63, 3.8) is 0 Å². The van der Waals surface area contributed by atoms with Crippen LogP contribution in [0.15, 0.2) is 47.4 Å². The van der Waals surface area contributed by atoms with Gasteiger partial charge in [0.15, 0.2) is 17.9 Å². The van der Waals surface area contributed by atoms with Gasteiger partial charge < -0.3 is 95.7 Å². The second-order valence-electron chi connectivity index (χ2n) is 25.3. The number of aromatic nitrogens is 6. The lowest BCUT2D eigenvalue weighted by Gasteiger charge is -2.27. The quantitative estimate of drug-likeness (QED) is 0.0108. The van der Waals surface area contributed by atoms with Gasteiger partial charge in [-0.05, 0) is 72.1 Å². The van der Waals surface area contributed by atoms with Crippen molar-refractivity contribution in [2.45, 2.75) is 140 Å². The molecule has 0 radical (unpaired) electrons. The molecule has 2 saturated heterocycles. The molecule has 2 aliphatic rings. The molecule has 0 aromatic carbocycles. The summed E-state index contributed by atoms with van der Waals surface area (Å²) in [7, 11) is 1.33. The van der Waals surface area contributed by atoms with Gasteiger partial charge in [0.25, 0.3) is 16.7 Å². The van der Waals surface area contributed by atoms with Crippen molar-refractivity contribution < 1.29 is 52.7 Å². The van der Waals surface area contributed by atoms with Crippen LogP contribution in [0.4, 0.5) is 4.79 Å². The third kappa shape index (κ3) is 29.3.